The first-order chi connectivity index (χ1) is 38.7. The van der Waals surface area contributed by atoms with Crippen LogP contribution in [0.3, 0.4) is 0 Å². The van der Waals surface area contributed by atoms with E-state index in [4.69, 9.17) is 0 Å². The second-order valence-electron chi connectivity index (χ2n) is 21.0. The van der Waals surface area contributed by atoms with Gasteiger partial charge >= 0.3 is 0 Å². The minimum atomic E-state index is 0.698. The number of rotatable bonds is 11. The molecule has 13 aromatic rings. The Bertz CT molecular complexity index is 4170. The molecule has 0 aliphatic heterocycles. The van der Waals surface area contributed by atoms with Crippen molar-refractivity contribution in [1.82, 2.24) is 4.57 Å². The molecule has 1 aliphatic rings. The minimum absolute atomic E-state index is 0.698. The smallest absolute Gasteiger partial charge is 0.0561 e. The second-order valence-corrected chi connectivity index (χ2v) is 21.0. The molecule has 0 spiro atoms. The van der Waals surface area contributed by atoms with Crippen molar-refractivity contribution in [3.8, 4) is 72.4 Å². The second kappa shape index (κ2) is 20.6. The molecule has 0 N–H and O–H groups in total. The Hall–Kier alpha value is -9.50. The van der Waals surface area contributed by atoms with E-state index < -0.39 is 0 Å². The molecule has 1 aliphatic carbocycles. The summed E-state index contributed by atoms with van der Waals surface area (Å²) in [5, 5.41) is 4.94. The molecule has 1 heterocycles. The van der Waals surface area contributed by atoms with Crippen LogP contribution in [-0.2, 0) is 0 Å². The summed E-state index contributed by atoms with van der Waals surface area (Å²) < 4.78 is 2.45. The van der Waals surface area contributed by atoms with E-state index in [0.717, 1.165) is 33.8 Å². The lowest BCUT2D eigenvalue weighted by molar-refractivity contribution is 0.443. The lowest BCUT2D eigenvalue weighted by Gasteiger charge is -2.27. The van der Waals surface area contributed by atoms with Gasteiger partial charge < -0.3 is 9.47 Å². The molecule has 1 aromatic heterocycles. The zero-order valence-corrected chi connectivity index (χ0v) is 43.6. The highest BCUT2D eigenvalue weighted by Gasteiger charge is 2.21. The van der Waals surface area contributed by atoms with E-state index in [2.05, 4.69) is 295 Å². The molecule has 372 valence electrons. The number of anilines is 3. The molecule has 0 saturated heterocycles. The summed E-state index contributed by atoms with van der Waals surface area (Å²) >= 11 is 0. The Kier molecular flexibility index (Phi) is 12.4. The molecule has 78 heavy (non-hydrogen) atoms. The van der Waals surface area contributed by atoms with Gasteiger partial charge in [0.05, 0.1) is 11.0 Å². The predicted octanol–water partition coefficient (Wildman–Crippen LogP) is 21.5. The van der Waals surface area contributed by atoms with Crippen LogP contribution in [0.25, 0.3) is 105 Å². The highest BCUT2D eigenvalue weighted by Crippen LogP contribution is 2.45. The van der Waals surface area contributed by atoms with Gasteiger partial charge in [-0.3, -0.25) is 0 Å². The van der Waals surface area contributed by atoms with Gasteiger partial charge in [-0.05, 0) is 156 Å². The van der Waals surface area contributed by atoms with Crippen LogP contribution in [0.1, 0.15) is 43.6 Å². The lowest BCUT2D eigenvalue weighted by Crippen LogP contribution is -2.10. The number of benzene rings is 12. The third-order valence-electron chi connectivity index (χ3n) is 16.4. The fourth-order valence-electron chi connectivity index (χ4n) is 12.6. The summed E-state index contributed by atoms with van der Waals surface area (Å²) in [6.07, 6.45) is 6.70. The van der Waals surface area contributed by atoms with Crippen molar-refractivity contribution in [1.29, 1.82) is 0 Å². The van der Waals surface area contributed by atoms with Gasteiger partial charge in [-0.15, -0.1) is 0 Å². The molecular formula is C76H58N2. The Labute approximate surface area is 457 Å². The number of para-hydroxylation sites is 1. The van der Waals surface area contributed by atoms with Gasteiger partial charge in [0.15, 0.2) is 0 Å². The molecule has 14 rings (SSSR count). The van der Waals surface area contributed by atoms with Crippen molar-refractivity contribution >= 4 is 49.6 Å². The maximum absolute atomic E-state index is 2.45. The number of fused-ring (bicyclic) bond motifs is 4. The summed E-state index contributed by atoms with van der Waals surface area (Å²) in [7, 11) is 0. The molecule has 0 radical (unpaired) electrons. The van der Waals surface area contributed by atoms with Crippen LogP contribution in [0.4, 0.5) is 17.1 Å². The van der Waals surface area contributed by atoms with Crippen molar-refractivity contribution in [2.75, 3.05) is 4.90 Å². The summed E-state index contributed by atoms with van der Waals surface area (Å²) in [5.74, 6) is 0.698. The largest absolute Gasteiger partial charge is 0.310 e. The number of hydrogen-bond donors (Lipinski definition) is 0. The van der Waals surface area contributed by atoms with E-state index in [-0.39, 0.29) is 0 Å². The maximum Gasteiger partial charge on any atom is 0.0561 e. The molecule has 1 fully saturated rings. The number of nitrogens with zero attached hydrogens (tertiary/aromatic N) is 2. The van der Waals surface area contributed by atoms with Crippen LogP contribution in [0.2, 0.25) is 0 Å². The quantitative estimate of drug-likeness (QED) is 0.125. The van der Waals surface area contributed by atoms with Crippen molar-refractivity contribution in [3.63, 3.8) is 0 Å². The summed E-state index contributed by atoms with van der Waals surface area (Å²) in [6.45, 7) is 0. The van der Waals surface area contributed by atoms with Gasteiger partial charge in [0.25, 0.3) is 0 Å². The first-order valence-corrected chi connectivity index (χ1v) is 27.8. The molecule has 0 atom stereocenters. The molecule has 0 amide bonds. The highest BCUT2D eigenvalue weighted by atomic mass is 15.1. The van der Waals surface area contributed by atoms with E-state index in [9.17, 15) is 0 Å². The van der Waals surface area contributed by atoms with Crippen LogP contribution in [-0.4, -0.2) is 4.57 Å². The zero-order valence-electron chi connectivity index (χ0n) is 43.6. The van der Waals surface area contributed by atoms with E-state index in [1.54, 1.807) is 0 Å². The first-order valence-electron chi connectivity index (χ1n) is 27.8. The highest BCUT2D eigenvalue weighted by molar-refractivity contribution is 6.11. The van der Waals surface area contributed by atoms with Gasteiger partial charge in [-0.25, -0.2) is 0 Å². The van der Waals surface area contributed by atoms with E-state index in [1.807, 2.05) is 0 Å². The average Bonchev–Trinajstić information content (AvgIpc) is 3.97. The van der Waals surface area contributed by atoms with Crippen LogP contribution < -0.4 is 4.90 Å². The summed E-state index contributed by atoms with van der Waals surface area (Å²) in [6, 6.07) is 105. The normalized spacial score (nSPS) is 12.8. The fraction of sp³-hybridized carbons (Fsp3) is 0.0789. The molecular weight excluding hydrogens is 941 g/mol. The van der Waals surface area contributed by atoms with Gasteiger partial charge in [0, 0.05) is 33.5 Å². The van der Waals surface area contributed by atoms with E-state index in [0.29, 0.717) is 5.92 Å². The molecule has 2 heteroatoms. The molecule has 0 unspecified atom stereocenters. The Balaban J connectivity index is 0.902. The Morgan fingerprint density at radius 1 is 0.295 bits per heavy atom. The molecule has 12 aromatic carbocycles. The van der Waals surface area contributed by atoms with Gasteiger partial charge in [0.2, 0.25) is 0 Å². The monoisotopic (exact) mass is 998 g/mol. The summed E-state index contributed by atoms with van der Waals surface area (Å²) in [4.78, 5) is 2.43. The van der Waals surface area contributed by atoms with Gasteiger partial charge in [-0.2, -0.15) is 0 Å². The van der Waals surface area contributed by atoms with Crippen molar-refractivity contribution in [2.45, 2.75) is 38.0 Å². The van der Waals surface area contributed by atoms with Gasteiger partial charge in [-0.1, -0.05) is 250 Å². The van der Waals surface area contributed by atoms with Gasteiger partial charge in [0.1, 0.15) is 0 Å². The van der Waals surface area contributed by atoms with Crippen LogP contribution in [0, 0.1) is 0 Å². The van der Waals surface area contributed by atoms with Crippen LogP contribution in [0.5, 0.6) is 0 Å². The number of hydrogen-bond acceptors (Lipinski definition) is 1. The maximum atomic E-state index is 2.45. The third-order valence-corrected chi connectivity index (χ3v) is 16.4. The standard InChI is InChI=1S/C76H58N2/c1-5-18-53(19-6-1)54-32-34-55(35-33-54)56-36-43-65(44-37-56)78-73-31-16-15-28-71(73)72-51-49-66(52-74(72)78)77(63-45-38-60(39-46-63)70-50-42-59-24-13-14-27-67(59)75(70)61-25-11-4-12-26-61)64-47-40-62(41-48-64)76-68(57-20-7-2-8-21-57)29-17-30-69(76)58-22-9-3-10-23-58/h2-4,7-17,20-53H,1,5-6,18-19H2. The molecule has 1 saturated carbocycles. The first kappa shape index (κ1) is 47.0. The Morgan fingerprint density at radius 2 is 0.769 bits per heavy atom. The minimum Gasteiger partial charge on any atom is -0.310 e. The van der Waals surface area contributed by atoms with Crippen molar-refractivity contribution < 1.29 is 0 Å². The van der Waals surface area contributed by atoms with Crippen molar-refractivity contribution in [3.05, 3.63) is 291 Å². The fourth-order valence-corrected chi connectivity index (χ4v) is 12.6. The van der Waals surface area contributed by atoms with E-state index >= 15 is 0 Å². The third kappa shape index (κ3) is 8.76. The van der Waals surface area contributed by atoms with Crippen LogP contribution >= 0.6 is 0 Å². The van der Waals surface area contributed by atoms with E-state index in [1.165, 1.54) is 126 Å². The SMILES string of the molecule is c1ccc(-c2cccc(-c3ccccc3)c2-c2ccc(N(c3ccc(-c4ccc5ccccc5c4-c4ccccc4)cc3)c3ccc4c5ccccc5n(-c5ccc(-c6ccc(C7CCCCC7)cc6)cc5)c4c3)cc2)cc1. The average molecular weight is 999 g/mol. The number of aromatic nitrogens is 1. The zero-order chi connectivity index (χ0) is 51.8. The predicted molar refractivity (Wildman–Crippen MR) is 331 cm³/mol. The molecule has 0 bridgehead atoms. The summed E-state index contributed by atoms with van der Waals surface area (Å²) in [5.41, 5.74) is 22.7. The molecule has 2 nitrogen and oxygen atoms in total. The topological polar surface area (TPSA) is 8.17 Å². The van der Waals surface area contributed by atoms with Crippen molar-refractivity contribution in [2.24, 2.45) is 0 Å². The van der Waals surface area contributed by atoms with Crippen LogP contribution in [0.15, 0.2) is 285 Å². The lowest BCUT2D eigenvalue weighted by atomic mass is 9.84. The Morgan fingerprint density at radius 3 is 1.41 bits per heavy atom.